The minimum atomic E-state index is -0.668. The number of para-hydroxylation sites is 2. The Morgan fingerprint density at radius 1 is 1.16 bits per heavy atom. The summed E-state index contributed by atoms with van der Waals surface area (Å²) in [5.74, 6) is 2.50. The molecule has 2 aromatic carbocycles. The van der Waals surface area contributed by atoms with Crippen LogP contribution in [0.3, 0.4) is 0 Å². The zero-order chi connectivity index (χ0) is 17.6. The van der Waals surface area contributed by atoms with Crippen LogP contribution in [-0.4, -0.2) is 38.4 Å². The number of nitrogens with one attached hydrogen (secondary N) is 1. The van der Waals surface area contributed by atoms with Crippen molar-refractivity contribution in [1.29, 1.82) is 0 Å². The van der Waals surface area contributed by atoms with Gasteiger partial charge in [-0.15, -0.1) is 0 Å². The molecule has 1 aliphatic rings. The molecule has 1 aliphatic heterocycles. The topological polar surface area (TPSA) is 66.0 Å². The SMILES string of the molecule is COc1ccc(OC[C@H](C)NC(=O)[C@@H]2COc3ccccc3O2)cc1. The average molecular weight is 343 g/mol. The summed E-state index contributed by atoms with van der Waals surface area (Å²) in [6.45, 7) is 2.41. The Hall–Kier alpha value is -2.89. The van der Waals surface area contributed by atoms with Crippen LogP contribution in [0.25, 0.3) is 0 Å². The first kappa shape index (κ1) is 17.0. The van der Waals surface area contributed by atoms with Crippen molar-refractivity contribution in [2.24, 2.45) is 0 Å². The van der Waals surface area contributed by atoms with Gasteiger partial charge in [0.1, 0.15) is 24.7 Å². The molecule has 0 saturated carbocycles. The maximum Gasteiger partial charge on any atom is 0.265 e. The van der Waals surface area contributed by atoms with E-state index in [-0.39, 0.29) is 18.6 Å². The highest BCUT2D eigenvalue weighted by Gasteiger charge is 2.28. The van der Waals surface area contributed by atoms with Crippen molar-refractivity contribution >= 4 is 5.91 Å². The first-order chi connectivity index (χ1) is 12.2. The van der Waals surface area contributed by atoms with Gasteiger partial charge in [0.25, 0.3) is 5.91 Å². The summed E-state index contributed by atoms with van der Waals surface area (Å²) in [7, 11) is 1.61. The van der Waals surface area contributed by atoms with Gasteiger partial charge in [0.05, 0.1) is 13.2 Å². The Morgan fingerprint density at radius 3 is 2.56 bits per heavy atom. The number of hydrogen-bond donors (Lipinski definition) is 1. The smallest absolute Gasteiger partial charge is 0.265 e. The molecule has 2 aromatic rings. The van der Waals surface area contributed by atoms with Crippen LogP contribution in [0.1, 0.15) is 6.92 Å². The van der Waals surface area contributed by atoms with Crippen molar-refractivity contribution in [3.05, 3.63) is 48.5 Å². The van der Waals surface area contributed by atoms with Crippen molar-refractivity contribution in [1.82, 2.24) is 5.32 Å². The summed E-state index contributed by atoms with van der Waals surface area (Å²) in [5.41, 5.74) is 0. The van der Waals surface area contributed by atoms with Gasteiger partial charge in [0.15, 0.2) is 11.5 Å². The molecule has 132 valence electrons. The molecule has 0 radical (unpaired) electrons. The molecule has 0 aliphatic carbocycles. The fourth-order valence-electron chi connectivity index (χ4n) is 2.42. The van der Waals surface area contributed by atoms with Crippen LogP contribution >= 0.6 is 0 Å². The number of carbonyl (C=O) groups is 1. The summed E-state index contributed by atoms with van der Waals surface area (Å²) in [6, 6.07) is 14.4. The molecule has 0 spiro atoms. The second-order valence-corrected chi connectivity index (χ2v) is 5.76. The molecule has 0 saturated heterocycles. The highest BCUT2D eigenvalue weighted by molar-refractivity contribution is 5.82. The van der Waals surface area contributed by atoms with Crippen molar-refractivity contribution < 1.29 is 23.7 Å². The Morgan fingerprint density at radius 2 is 1.84 bits per heavy atom. The van der Waals surface area contributed by atoms with Crippen LogP contribution in [0.15, 0.2) is 48.5 Å². The second-order valence-electron chi connectivity index (χ2n) is 5.76. The summed E-state index contributed by atoms with van der Waals surface area (Å²) < 4.78 is 22.0. The van der Waals surface area contributed by atoms with E-state index in [4.69, 9.17) is 18.9 Å². The third-order valence-corrected chi connectivity index (χ3v) is 3.75. The first-order valence-corrected chi connectivity index (χ1v) is 8.11. The van der Waals surface area contributed by atoms with E-state index < -0.39 is 6.10 Å². The van der Waals surface area contributed by atoms with E-state index in [1.807, 2.05) is 49.4 Å². The molecule has 1 N–H and O–H groups in total. The largest absolute Gasteiger partial charge is 0.497 e. The van der Waals surface area contributed by atoms with Crippen LogP contribution in [0.2, 0.25) is 0 Å². The number of amides is 1. The molecule has 2 atom stereocenters. The van der Waals surface area contributed by atoms with E-state index >= 15 is 0 Å². The lowest BCUT2D eigenvalue weighted by Gasteiger charge is -2.26. The monoisotopic (exact) mass is 343 g/mol. The highest BCUT2D eigenvalue weighted by Crippen LogP contribution is 2.30. The van der Waals surface area contributed by atoms with E-state index in [1.54, 1.807) is 13.2 Å². The van der Waals surface area contributed by atoms with Crippen LogP contribution in [-0.2, 0) is 4.79 Å². The number of methoxy groups -OCH3 is 1. The molecule has 3 rings (SSSR count). The molecule has 6 heteroatoms. The van der Waals surface area contributed by atoms with Crippen molar-refractivity contribution in [2.75, 3.05) is 20.3 Å². The molecule has 0 bridgehead atoms. The first-order valence-electron chi connectivity index (χ1n) is 8.11. The Kier molecular flexibility index (Phi) is 5.28. The minimum Gasteiger partial charge on any atom is -0.497 e. The van der Waals surface area contributed by atoms with Gasteiger partial charge in [-0.1, -0.05) is 12.1 Å². The van der Waals surface area contributed by atoms with Gasteiger partial charge in [0, 0.05) is 0 Å². The lowest BCUT2D eigenvalue weighted by molar-refractivity contribution is -0.131. The van der Waals surface area contributed by atoms with Crippen LogP contribution < -0.4 is 24.3 Å². The Labute approximate surface area is 146 Å². The van der Waals surface area contributed by atoms with Crippen LogP contribution in [0, 0.1) is 0 Å². The van der Waals surface area contributed by atoms with Crippen LogP contribution in [0.4, 0.5) is 0 Å². The van der Waals surface area contributed by atoms with Crippen molar-refractivity contribution in [3.63, 3.8) is 0 Å². The maximum atomic E-state index is 12.3. The third-order valence-electron chi connectivity index (χ3n) is 3.75. The molecular weight excluding hydrogens is 322 g/mol. The van der Waals surface area contributed by atoms with Crippen LogP contribution in [0.5, 0.6) is 23.0 Å². The standard InChI is InChI=1S/C19H21NO5/c1-13(11-23-15-9-7-14(22-2)8-10-15)20-19(21)18-12-24-16-5-3-4-6-17(16)25-18/h3-10,13,18H,11-12H2,1-2H3,(H,20,21)/t13-,18-/m0/s1. The summed E-state index contributed by atoms with van der Waals surface area (Å²) >= 11 is 0. The number of benzene rings is 2. The molecule has 1 amide bonds. The van der Waals surface area contributed by atoms with E-state index in [9.17, 15) is 4.79 Å². The zero-order valence-corrected chi connectivity index (χ0v) is 14.2. The molecule has 0 aromatic heterocycles. The van der Waals surface area contributed by atoms with Gasteiger partial charge in [-0.3, -0.25) is 4.79 Å². The number of fused-ring (bicyclic) bond motifs is 1. The predicted octanol–water partition coefficient (Wildman–Crippen LogP) is 2.42. The maximum absolute atomic E-state index is 12.3. The number of ether oxygens (including phenoxy) is 4. The molecular formula is C19H21NO5. The van der Waals surface area contributed by atoms with Crippen molar-refractivity contribution in [2.45, 2.75) is 19.1 Å². The Balaban J connectivity index is 1.47. The number of carbonyl (C=O) groups excluding carboxylic acids is 1. The minimum absolute atomic E-state index is 0.171. The van der Waals surface area contributed by atoms with Gasteiger partial charge in [0.2, 0.25) is 6.10 Å². The fraction of sp³-hybridized carbons (Fsp3) is 0.316. The van der Waals surface area contributed by atoms with Gasteiger partial charge in [-0.2, -0.15) is 0 Å². The summed E-state index contributed by atoms with van der Waals surface area (Å²) in [6.07, 6.45) is -0.668. The molecule has 0 fully saturated rings. The average Bonchev–Trinajstić information content (AvgIpc) is 2.66. The number of rotatable bonds is 6. The summed E-state index contributed by atoms with van der Waals surface area (Å²) in [4.78, 5) is 12.3. The van der Waals surface area contributed by atoms with E-state index in [2.05, 4.69) is 5.32 Å². The fourth-order valence-corrected chi connectivity index (χ4v) is 2.42. The zero-order valence-electron chi connectivity index (χ0n) is 14.2. The van der Waals surface area contributed by atoms with Gasteiger partial charge in [-0.05, 0) is 43.3 Å². The van der Waals surface area contributed by atoms with E-state index in [0.717, 1.165) is 5.75 Å². The Bertz CT molecular complexity index is 716. The van der Waals surface area contributed by atoms with Crippen molar-refractivity contribution in [3.8, 4) is 23.0 Å². The van der Waals surface area contributed by atoms with Gasteiger partial charge < -0.3 is 24.3 Å². The van der Waals surface area contributed by atoms with E-state index in [0.29, 0.717) is 23.9 Å². The molecule has 1 heterocycles. The summed E-state index contributed by atoms with van der Waals surface area (Å²) in [5, 5.41) is 2.88. The lowest BCUT2D eigenvalue weighted by Crippen LogP contribution is -2.48. The van der Waals surface area contributed by atoms with Gasteiger partial charge >= 0.3 is 0 Å². The molecule has 0 unspecified atom stereocenters. The number of hydrogen-bond acceptors (Lipinski definition) is 5. The normalized spacial score (nSPS) is 16.6. The second kappa shape index (κ2) is 7.79. The predicted molar refractivity (Wildman–Crippen MR) is 92.4 cm³/mol. The lowest BCUT2D eigenvalue weighted by atomic mass is 10.2. The molecule has 25 heavy (non-hydrogen) atoms. The third kappa shape index (κ3) is 4.35. The quantitative estimate of drug-likeness (QED) is 0.873. The highest BCUT2D eigenvalue weighted by atomic mass is 16.6. The van der Waals surface area contributed by atoms with Gasteiger partial charge in [-0.25, -0.2) is 0 Å². The van der Waals surface area contributed by atoms with E-state index in [1.165, 1.54) is 0 Å². The molecule has 6 nitrogen and oxygen atoms in total.